The van der Waals surface area contributed by atoms with Gasteiger partial charge in [-0.2, -0.15) is 0 Å². The van der Waals surface area contributed by atoms with Gasteiger partial charge in [-0.15, -0.1) is 0 Å². The van der Waals surface area contributed by atoms with Crippen LogP contribution in [0.5, 0.6) is 0 Å². The minimum Gasteiger partial charge on any atom is -0.356 e. The van der Waals surface area contributed by atoms with Crippen LogP contribution in [-0.4, -0.2) is 46.3 Å². The summed E-state index contributed by atoms with van der Waals surface area (Å²) < 4.78 is 0. The van der Waals surface area contributed by atoms with E-state index in [-0.39, 0.29) is 11.8 Å². The maximum atomic E-state index is 13.2. The van der Waals surface area contributed by atoms with E-state index >= 15 is 0 Å². The molecule has 1 aliphatic rings. The molecule has 33 heavy (non-hydrogen) atoms. The van der Waals surface area contributed by atoms with Crippen LogP contribution in [0.15, 0.2) is 73.3 Å². The number of likely N-dealkylation sites (tertiary alicyclic amines) is 1. The molecule has 0 spiro atoms. The van der Waals surface area contributed by atoms with Crippen molar-refractivity contribution in [3.8, 4) is 11.1 Å². The van der Waals surface area contributed by atoms with Gasteiger partial charge in [-0.1, -0.05) is 30.3 Å². The first kappa shape index (κ1) is 22.6. The second-order valence-corrected chi connectivity index (χ2v) is 8.67. The third kappa shape index (κ3) is 5.45. The standard InChI is InChI=1S/C27H30N4O2/c1-2-30-26(33)27(19-21-5-7-23(8-6-21)24-9-14-28-15-10-24)11-16-31(17-12-27)25(32)18-22-4-3-13-29-20-22/h3-10,13-15,20H,2,11-12,16-19H2,1H3,(H,30,33). The van der Waals surface area contributed by atoms with Gasteiger partial charge in [0.05, 0.1) is 11.8 Å². The molecule has 4 rings (SSSR count). The van der Waals surface area contributed by atoms with E-state index in [9.17, 15) is 9.59 Å². The summed E-state index contributed by atoms with van der Waals surface area (Å²) >= 11 is 0. The van der Waals surface area contributed by atoms with Crippen LogP contribution in [0.4, 0.5) is 0 Å². The molecular weight excluding hydrogens is 412 g/mol. The van der Waals surface area contributed by atoms with Crippen LogP contribution >= 0.6 is 0 Å². The zero-order valence-electron chi connectivity index (χ0n) is 19.0. The molecule has 3 aromatic rings. The lowest BCUT2D eigenvalue weighted by Gasteiger charge is -2.41. The number of pyridine rings is 2. The molecule has 0 bridgehead atoms. The predicted octanol–water partition coefficient (Wildman–Crippen LogP) is 3.67. The van der Waals surface area contributed by atoms with Crippen molar-refractivity contribution in [2.45, 2.75) is 32.6 Å². The first-order valence-corrected chi connectivity index (χ1v) is 11.5. The Balaban J connectivity index is 1.45. The van der Waals surface area contributed by atoms with Gasteiger partial charge in [0.1, 0.15) is 0 Å². The lowest BCUT2D eigenvalue weighted by Crippen LogP contribution is -2.51. The maximum Gasteiger partial charge on any atom is 0.227 e. The van der Waals surface area contributed by atoms with Crippen LogP contribution in [-0.2, 0) is 22.4 Å². The maximum absolute atomic E-state index is 13.2. The summed E-state index contributed by atoms with van der Waals surface area (Å²) in [6.45, 7) is 3.73. The molecule has 2 amide bonds. The third-order valence-corrected chi connectivity index (χ3v) is 6.48. The SMILES string of the molecule is CCNC(=O)C1(Cc2ccc(-c3ccncc3)cc2)CCN(C(=O)Cc2cccnc2)CC1. The second kappa shape index (κ2) is 10.4. The molecule has 0 saturated carbocycles. The summed E-state index contributed by atoms with van der Waals surface area (Å²) in [5, 5.41) is 3.04. The highest BCUT2D eigenvalue weighted by Gasteiger charge is 2.42. The van der Waals surface area contributed by atoms with Crippen LogP contribution in [0.1, 0.15) is 30.9 Å². The van der Waals surface area contributed by atoms with E-state index in [2.05, 4.69) is 39.6 Å². The molecule has 1 N–H and O–H groups in total. The number of nitrogens with zero attached hydrogens (tertiary/aromatic N) is 3. The Morgan fingerprint density at radius 2 is 1.61 bits per heavy atom. The molecule has 1 saturated heterocycles. The lowest BCUT2D eigenvalue weighted by molar-refractivity contribution is -0.140. The number of piperidine rings is 1. The number of hydrogen-bond acceptors (Lipinski definition) is 4. The molecule has 2 aromatic heterocycles. The van der Waals surface area contributed by atoms with Crippen molar-refractivity contribution in [2.75, 3.05) is 19.6 Å². The number of benzene rings is 1. The van der Waals surface area contributed by atoms with E-state index in [1.807, 2.05) is 36.1 Å². The molecule has 0 unspecified atom stereocenters. The summed E-state index contributed by atoms with van der Waals surface area (Å²) in [5.41, 5.74) is 3.80. The van der Waals surface area contributed by atoms with Crippen molar-refractivity contribution in [1.29, 1.82) is 0 Å². The monoisotopic (exact) mass is 442 g/mol. The second-order valence-electron chi connectivity index (χ2n) is 8.67. The first-order chi connectivity index (χ1) is 16.1. The van der Waals surface area contributed by atoms with Crippen molar-refractivity contribution < 1.29 is 9.59 Å². The van der Waals surface area contributed by atoms with E-state index in [4.69, 9.17) is 0 Å². The Bertz CT molecular complexity index is 1060. The van der Waals surface area contributed by atoms with E-state index in [1.165, 1.54) is 0 Å². The fraction of sp³-hybridized carbons (Fsp3) is 0.333. The fourth-order valence-corrected chi connectivity index (χ4v) is 4.56. The molecule has 1 aromatic carbocycles. The molecule has 1 aliphatic heterocycles. The number of carbonyl (C=O) groups excluding carboxylic acids is 2. The molecule has 3 heterocycles. The van der Waals surface area contributed by atoms with Gasteiger partial charge in [0.2, 0.25) is 11.8 Å². The topological polar surface area (TPSA) is 75.2 Å². The predicted molar refractivity (Wildman–Crippen MR) is 128 cm³/mol. The number of nitrogens with one attached hydrogen (secondary N) is 1. The highest BCUT2D eigenvalue weighted by molar-refractivity contribution is 5.84. The highest BCUT2D eigenvalue weighted by atomic mass is 16.2. The van der Waals surface area contributed by atoms with Crippen LogP contribution in [0.3, 0.4) is 0 Å². The first-order valence-electron chi connectivity index (χ1n) is 11.5. The Kier molecular flexibility index (Phi) is 7.13. The van der Waals surface area contributed by atoms with E-state index in [1.54, 1.807) is 24.8 Å². The Morgan fingerprint density at radius 3 is 2.24 bits per heavy atom. The number of hydrogen-bond donors (Lipinski definition) is 1. The lowest BCUT2D eigenvalue weighted by atomic mass is 9.72. The molecule has 1 fully saturated rings. The number of aromatic nitrogens is 2. The van der Waals surface area contributed by atoms with Gasteiger partial charge in [-0.25, -0.2) is 0 Å². The summed E-state index contributed by atoms with van der Waals surface area (Å²) in [7, 11) is 0. The van der Waals surface area contributed by atoms with E-state index < -0.39 is 5.41 Å². The molecule has 170 valence electrons. The van der Waals surface area contributed by atoms with Gasteiger partial charge < -0.3 is 10.2 Å². The van der Waals surface area contributed by atoms with Gasteiger partial charge in [-0.05, 0) is 66.6 Å². The highest BCUT2D eigenvalue weighted by Crippen LogP contribution is 2.36. The summed E-state index contributed by atoms with van der Waals surface area (Å²) in [6.07, 6.45) is 9.34. The van der Waals surface area contributed by atoms with Crippen molar-refractivity contribution in [2.24, 2.45) is 5.41 Å². The summed E-state index contributed by atoms with van der Waals surface area (Å²) in [4.78, 5) is 36.0. The number of carbonyl (C=O) groups is 2. The average Bonchev–Trinajstić information content (AvgIpc) is 2.86. The Morgan fingerprint density at radius 1 is 0.909 bits per heavy atom. The summed E-state index contributed by atoms with van der Waals surface area (Å²) in [6, 6.07) is 16.2. The van der Waals surface area contributed by atoms with Crippen LogP contribution < -0.4 is 5.32 Å². The van der Waals surface area contributed by atoms with Gasteiger partial charge >= 0.3 is 0 Å². The largest absolute Gasteiger partial charge is 0.356 e. The number of rotatable bonds is 7. The van der Waals surface area contributed by atoms with Gasteiger partial charge in [0.15, 0.2) is 0 Å². The molecule has 0 atom stereocenters. The van der Waals surface area contributed by atoms with Crippen molar-refractivity contribution in [3.63, 3.8) is 0 Å². The van der Waals surface area contributed by atoms with Crippen LogP contribution in [0.2, 0.25) is 0 Å². The smallest absolute Gasteiger partial charge is 0.227 e. The van der Waals surface area contributed by atoms with Gasteiger partial charge in [0, 0.05) is 44.4 Å². The minimum atomic E-state index is -0.501. The molecule has 0 radical (unpaired) electrons. The van der Waals surface area contributed by atoms with E-state index in [0.29, 0.717) is 45.3 Å². The Hall–Kier alpha value is -3.54. The normalized spacial score (nSPS) is 15.1. The number of amides is 2. The van der Waals surface area contributed by atoms with Crippen LogP contribution in [0, 0.1) is 5.41 Å². The molecule has 6 heteroatoms. The molecule has 0 aliphatic carbocycles. The molecular formula is C27H30N4O2. The fourth-order valence-electron chi connectivity index (χ4n) is 4.56. The van der Waals surface area contributed by atoms with Gasteiger partial charge in [0.25, 0.3) is 0 Å². The zero-order chi connectivity index (χ0) is 23.1. The minimum absolute atomic E-state index is 0.0857. The van der Waals surface area contributed by atoms with Crippen molar-refractivity contribution in [1.82, 2.24) is 20.2 Å². The van der Waals surface area contributed by atoms with Crippen molar-refractivity contribution >= 4 is 11.8 Å². The quantitative estimate of drug-likeness (QED) is 0.606. The Labute approximate surface area is 195 Å². The van der Waals surface area contributed by atoms with Crippen LogP contribution in [0.25, 0.3) is 11.1 Å². The van der Waals surface area contributed by atoms with E-state index in [0.717, 1.165) is 22.3 Å². The summed E-state index contributed by atoms with van der Waals surface area (Å²) in [5.74, 6) is 0.178. The van der Waals surface area contributed by atoms with Gasteiger partial charge in [-0.3, -0.25) is 19.6 Å². The van der Waals surface area contributed by atoms with Crippen molar-refractivity contribution in [3.05, 3.63) is 84.4 Å². The molecule has 6 nitrogen and oxygen atoms in total. The third-order valence-electron chi connectivity index (χ3n) is 6.48. The zero-order valence-corrected chi connectivity index (χ0v) is 19.0. The average molecular weight is 443 g/mol.